The first-order valence-electron chi connectivity index (χ1n) is 9.27. The highest BCUT2D eigenvalue weighted by Gasteiger charge is 2.27. The average molecular weight is 355 g/mol. The fourth-order valence-corrected chi connectivity index (χ4v) is 3.69. The highest BCUT2D eigenvalue weighted by atomic mass is 16.5. The standard InChI is InChI=1S/C22H29NO3/c1-16-6-4-7-17(12-16)15-26-22-18(8-5-9-21(22)25-3)13-19-14-23(2)11-10-20(19)24/h4-9,12,19-20,24H,10-11,13-15H2,1-3H3. The van der Waals surface area contributed by atoms with Gasteiger partial charge in [0.25, 0.3) is 0 Å². The molecule has 1 aliphatic rings. The Labute approximate surface area is 156 Å². The minimum Gasteiger partial charge on any atom is -0.493 e. The molecular weight excluding hydrogens is 326 g/mol. The van der Waals surface area contributed by atoms with Crippen LogP contribution in [-0.4, -0.2) is 43.4 Å². The number of methoxy groups -OCH3 is 1. The summed E-state index contributed by atoms with van der Waals surface area (Å²) in [5, 5.41) is 10.4. The van der Waals surface area contributed by atoms with Gasteiger partial charge >= 0.3 is 0 Å². The van der Waals surface area contributed by atoms with Crippen molar-refractivity contribution in [2.24, 2.45) is 5.92 Å². The monoisotopic (exact) mass is 355 g/mol. The predicted molar refractivity (Wildman–Crippen MR) is 104 cm³/mol. The molecule has 140 valence electrons. The van der Waals surface area contributed by atoms with Crippen LogP contribution in [0.25, 0.3) is 0 Å². The number of ether oxygens (including phenoxy) is 2. The van der Waals surface area contributed by atoms with E-state index in [9.17, 15) is 5.11 Å². The van der Waals surface area contributed by atoms with Crippen LogP contribution >= 0.6 is 0 Å². The Morgan fingerprint density at radius 2 is 2.00 bits per heavy atom. The first kappa shape index (κ1) is 18.7. The number of aliphatic hydroxyl groups is 1. The molecule has 2 aromatic rings. The Balaban J connectivity index is 1.79. The van der Waals surface area contributed by atoms with E-state index in [1.807, 2.05) is 18.2 Å². The van der Waals surface area contributed by atoms with Crippen LogP contribution in [0.4, 0.5) is 0 Å². The maximum atomic E-state index is 10.4. The van der Waals surface area contributed by atoms with Crippen LogP contribution < -0.4 is 9.47 Å². The molecule has 2 atom stereocenters. The predicted octanol–water partition coefficient (Wildman–Crippen LogP) is 3.44. The molecule has 1 saturated heterocycles. The second-order valence-electron chi connectivity index (χ2n) is 7.31. The number of likely N-dealkylation sites (tertiary alicyclic amines) is 1. The van der Waals surface area contributed by atoms with E-state index in [0.717, 1.165) is 48.6 Å². The van der Waals surface area contributed by atoms with Crippen LogP contribution in [0.5, 0.6) is 11.5 Å². The quantitative estimate of drug-likeness (QED) is 0.862. The fourth-order valence-electron chi connectivity index (χ4n) is 3.69. The number of aliphatic hydroxyl groups excluding tert-OH is 1. The van der Waals surface area contributed by atoms with E-state index in [0.29, 0.717) is 6.61 Å². The Bertz CT molecular complexity index is 731. The van der Waals surface area contributed by atoms with Gasteiger partial charge in [0.15, 0.2) is 11.5 Å². The highest BCUT2D eigenvalue weighted by molar-refractivity contribution is 5.47. The zero-order chi connectivity index (χ0) is 18.5. The molecule has 0 radical (unpaired) electrons. The molecule has 1 fully saturated rings. The number of hydrogen-bond acceptors (Lipinski definition) is 4. The van der Waals surface area contributed by atoms with Gasteiger partial charge in [0.2, 0.25) is 0 Å². The lowest BCUT2D eigenvalue weighted by Gasteiger charge is -2.34. The van der Waals surface area contributed by atoms with Crippen molar-refractivity contribution >= 4 is 0 Å². The zero-order valence-corrected chi connectivity index (χ0v) is 15.9. The summed E-state index contributed by atoms with van der Waals surface area (Å²) in [4.78, 5) is 2.28. The normalized spacial score (nSPS) is 20.8. The number of nitrogens with zero attached hydrogens (tertiary/aromatic N) is 1. The van der Waals surface area contributed by atoms with E-state index in [1.54, 1.807) is 7.11 Å². The molecule has 0 amide bonds. The van der Waals surface area contributed by atoms with E-state index < -0.39 is 0 Å². The van der Waals surface area contributed by atoms with E-state index in [1.165, 1.54) is 5.56 Å². The Hall–Kier alpha value is -2.04. The van der Waals surface area contributed by atoms with Crippen molar-refractivity contribution in [1.82, 2.24) is 4.90 Å². The summed E-state index contributed by atoms with van der Waals surface area (Å²) in [6, 6.07) is 14.3. The molecule has 3 rings (SSSR count). The van der Waals surface area contributed by atoms with Gasteiger partial charge in [-0.3, -0.25) is 0 Å². The van der Waals surface area contributed by atoms with Crippen molar-refractivity contribution < 1.29 is 14.6 Å². The third-order valence-electron chi connectivity index (χ3n) is 5.13. The van der Waals surface area contributed by atoms with Gasteiger partial charge in [-0.25, -0.2) is 0 Å². The van der Waals surface area contributed by atoms with Gasteiger partial charge in [0.05, 0.1) is 13.2 Å². The van der Waals surface area contributed by atoms with E-state index >= 15 is 0 Å². The lowest BCUT2D eigenvalue weighted by Crippen LogP contribution is -2.42. The molecule has 2 aromatic carbocycles. The van der Waals surface area contributed by atoms with Gasteiger partial charge in [0.1, 0.15) is 6.61 Å². The minimum atomic E-state index is -0.262. The summed E-state index contributed by atoms with van der Waals surface area (Å²) in [5.41, 5.74) is 3.45. The lowest BCUT2D eigenvalue weighted by molar-refractivity contribution is 0.0363. The highest BCUT2D eigenvalue weighted by Crippen LogP contribution is 2.34. The molecule has 0 bridgehead atoms. The number of hydrogen-bond donors (Lipinski definition) is 1. The van der Waals surface area contributed by atoms with E-state index in [-0.39, 0.29) is 12.0 Å². The van der Waals surface area contributed by atoms with Crippen LogP contribution in [0, 0.1) is 12.8 Å². The molecule has 0 aliphatic carbocycles. The van der Waals surface area contributed by atoms with E-state index in [2.05, 4.69) is 43.1 Å². The summed E-state index contributed by atoms with van der Waals surface area (Å²) in [6.45, 7) is 4.43. The SMILES string of the molecule is COc1cccc(CC2CN(C)CCC2O)c1OCc1cccc(C)c1. The van der Waals surface area contributed by atoms with Crippen LogP contribution in [0.2, 0.25) is 0 Å². The van der Waals surface area contributed by atoms with E-state index in [4.69, 9.17) is 9.47 Å². The van der Waals surface area contributed by atoms with Crippen molar-refractivity contribution in [2.75, 3.05) is 27.2 Å². The number of benzene rings is 2. The second kappa shape index (κ2) is 8.56. The smallest absolute Gasteiger partial charge is 0.164 e. The van der Waals surface area contributed by atoms with Crippen molar-refractivity contribution in [2.45, 2.75) is 32.5 Å². The maximum Gasteiger partial charge on any atom is 0.164 e. The molecule has 4 heteroatoms. The van der Waals surface area contributed by atoms with Crippen LogP contribution in [0.3, 0.4) is 0 Å². The molecular formula is C22H29NO3. The second-order valence-corrected chi connectivity index (χ2v) is 7.31. The Morgan fingerprint density at radius 3 is 2.77 bits per heavy atom. The number of aryl methyl sites for hydroxylation is 1. The molecule has 1 heterocycles. The van der Waals surface area contributed by atoms with Crippen molar-refractivity contribution in [3.05, 3.63) is 59.2 Å². The van der Waals surface area contributed by atoms with Gasteiger partial charge in [-0.15, -0.1) is 0 Å². The molecule has 4 nitrogen and oxygen atoms in total. The van der Waals surface area contributed by atoms with Gasteiger partial charge in [-0.1, -0.05) is 42.0 Å². The van der Waals surface area contributed by atoms with Crippen LogP contribution in [-0.2, 0) is 13.0 Å². The third kappa shape index (κ3) is 4.57. The summed E-state index contributed by atoms with van der Waals surface area (Å²) in [7, 11) is 3.78. The maximum absolute atomic E-state index is 10.4. The molecule has 0 spiro atoms. The minimum absolute atomic E-state index is 0.210. The summed E-state index contributed by atoms with van der Waals surface area (Å²) in [5.74, 6) is 1.74. The number of para-hydroxylation sites is 1. The molecule has 0 aromatic heterocycles. The first-order valence-corrected chi connectivity index (χ1v) is 9.27. The Morgan fingerprint density at radius 1 is 1.19 bits per heavy atom. The fraction of sp³-hybridized carbons (Fsp3) is 0.455. The van der Waals surface area contributed by atoms with Crippen LogP contribution in [0.1, 0.15) is 23.1 Å². The molecule has 0 saturated carbocycles. The number of piperidine rings is 1. The van der Waals surface area contributed by atoms with Gasteiger partial charge in [-0.2, -0.15) is 0 Å². The topological polar surface area (TPSA) is 41.9 Å². The van der Waals surface area contributed by atoms with Crippen molar-refractivity contribution in [1.29, 1.82) is 0 Å². The number of rotatable bonds is 6. The lowest BCUT2D eigenvalue weighted by atomic mass is 9.88. The summed E-state index contributed by atoms with van der Waals surface area (Å²) in [6.07, 6.45) is 1.35. The zero-order valence-electron chi connectivity index (χ0n) is 15.9. The molecule has 26 heavy (non-hydrogen) atoms. The summed E-state index contributed by atoms with van der Waals surface area (Å²) < 4.78 is 11.7. The van der Waals surface area contributed by atoms with Crippen molar-refractivity contribution in [3.63, 3.8) is 0 Å². The van der Waals surface area contributed by atoms with Gasteiger partial charge < -0.3 is 19.5 Å². The first-order chi connectivity index (χ1) is 12.6. The molecule has 2 unspecified atom stereocenters. The summed E-state index contributed by atoms with van der Waals surface area (Å²) >= 11 is 0. The van der Waals surface area contributed by atoms with Gasteiger partial charge in [-0.05, 0) is 44.0 Å². The van der Waals surface area contributed by atoms with Crippen LogP contribution in [0.15, 0.2) is 42.5 Å². The molecule has 1 N–H and O–H groups in total. The Kier molecular flexibility index (Phi) is 6.17. The molecule has 1 aliphatic heterocycles. The third-order valence-corrected chi connectivity index (χ3v) is 5.13. The van der Waals surface area contributed by atoms with Crippen molar-refractivity contribution in [3.8, 4) is 11.5 Å². The average Bonchev–Trinajstić information content (AvgIpc) is 2.63. The largest absolute Gasteiger partial charge is 0.493 e. The van der Waals surface area contributed by atoms with Gasteiger partial charge in [0, 0.05) is 19.0 Å².